The number of nitrogens with one attached hydrogen (secondary N) is 2. The van der Waals surface area contributed by atoms with E-state index in [4.69, 9.17) is 9.47 Å². The van der Waals surface area contributed by atoms with Crippen molar-refractivity contribution in [1.29, 1.82) is 0 Å². The van der Waals surface area contributed by atoms with Crippen LogP contribution >= 0.6 is 23.1 Å². The van der Waals surface area contributed by atoms with Crippen LogP contribution in [-0.4, -0.2) is 34.6 Å². The van der Waals surface area contributed by atoms with Crippen molar-refractivity contribution in [3.8, 4) is 11.5 Å². The van der Waals surface area contributed by atoms with Crippen LogP contribution in [0.5, 0.6) is 11.5 Å². The quantitative estimate of drug-likeness (QED) is 0.315. The predicted molar refractivity (Wildman–Crippen MR) is 116 cm³/mol. The van der Waals surface area contributed by atoms with Gasteiger partial charge in [-0.25, -0.2) is 4.39 Å². The molecule has 2 N–H and O–H groups in total. The number of rotatable bonds is 7. The van der Waals surface area contributed by atoms with Crippen LogP contribution in [0.2, 0.25) is 0 Å². The van der Waals surface area contributed by atoms with Gasteiger partial charge in [0, 0.05) is 11.8 Å². The van der Waals surface area contributed by atoms with E-state index in [1.165, 1.54) is 42.1 Å². The largest absolute Gasteiger partial charge is 0.454 e. The molecule has 0 bridgehead atoms. The lowest BCUT2D eigenvalue weighted by atomic mass is 10.2. The molecule has 0 unspecified atom stereocenters. The molecule has 0 saturated carbocycles. The topological polar surface area (TPSA) is 102 Å². The van der Waals surface area contributed by atoms with Gasteiger partial charge in [0.2, 0.25) is 23.7 Å². The first-order valence-corrected chi connectivity index (χ1v) is 10.8. The SMILES string of the molecule is O=C(/C=C\c1ccc2c(c1)OCO2)Nc1nnc(SCC(=O)Nc2ccc(F)cc2)s1. The maximum Gasteiger partial charge on any atom is 0.250 e. The third kappa shape index (κ3) is 5.80. The van der Waals surface area contributed by atoms with Crippen molar-refractivity contribution in [2.45, 2.75) is 4.34 Å². The Morgan fingerprint density at radius 2 is 1.90 bits per heavy atom. The fraction of sp³-hybridized carbons (Fsp3) is 0.100. The molecule has 2 aromatic carbocycles. The molecule has 1 aromatic heterocycles. The normalized spacial score (nSPS) is 12.2. The molecule has 3 aromatic rings. The van der Waals surface area contributed by atoms with Crippen molar-refractivity contribution in [2.24, 2.45) is 0 Å². The van der Waals surface area contributed by atoms with E-state index in [0.717, 1.165) is 16.9 Å². The number of aromatic nitrogens is 2. The van der Waals surface area contributed by atoms with Gasteiger partial charge in [-0.3, -0.25) is 14.9 Å². The second kappa shape index (κ2) is 9.58. The maximum atomic E-state index is 12.9. The van der Waals surface area contributed by atoms with Crippen LogP contribution in [-0.2, 0) is 9.59 Å². The van der Waals surface area contributed by atoms with E-state index in [1.54, 1.807) is 18.2 Å². The van der Waals surface area contributed by atoms with Gasteiger partial charge >= 0.3 is 0 Å². The molecule has 158 valence electrons. The summed E-state index contributed by atoms with van der Waals surface area (Å²) < 4.78 is 24.0. The summed E-state index contributed by atoms with van der Waals surface area (Å²) in [4.78, 5) is 24.1. The first-order valence-electron chi connectivity index (χ1n) is 8.95. The van der Waals surface area contributed by atoms with Crippen LogP contribution in [0.4, 0.5) is 15.2 Å². The van der Waals surface area contributed by atoms with Crippen LogP contribution < -0.4 is 20.1 Å². The van der Waals surface area contributed by atoms with Gasteiger partial charge in [-0.2, -0.15) is 0 Å². The summed E-state index contributed by atoms with van der Waals surface area (Å²) >= 11 is 2.34. The van der Waals surface area contributed by atoms with Crippen LogP contribution in [0.1, 0.15) is 5.56 Å². The smallest absolute Gasteiger partial charge is 0.250 e. The lowest BCUT2D eigenvalue weighted by Gasteiger charge is -2.03. The number of nitrogens with zero attached hydrogens (tertiary/aromatic N) is 2. The van der Waals surface area contributed by atoms with Gasteiger partial charge in [-0.1, -0.05) is 29.2 Å². The molecule has 0 saturated heterocycles. The van der Waals surface area contributed by atoms with E-state index < -0.39 is 0 Å². The molecular formula is C20H15FN4O4S2. The predicted octanol–water partition coefficient (Wildman–Crippen LogP) is 3.79. The Balaban J connectivity index is 1.25. The maximum absolute atomic E-state index is 12.9. The minimum atomic E-state index is -0.374. The number of anilines is 2. The van der Waals surface area contributed by atoms with Gasteiger partial charge in [0.1, 0.15) is 5.82 Å². The summed E-state index contributed by atoms with van der Waals surface area (Å²) in [5.74, 6) is 0.415. The molecule has 0 atom stereocenters. The summed E-state index contributed by atoms with van der Waals surface area (Å²) in [6.45, 7) is 0.189. The number of hydrogen-bond acceptors (Lipinski definition) is 8. The van der Waals surface area contributed by atoms with Gasteiger partial charge in [0.15, 0.2) is 15.8 Å². The molecular weight excluding hydrogens is 443 g/mol. The van der Waals surface area contributed by atoms with E-state index in [-0.39, 0.29) is 30.2 Å². The Hall–Kier alpha value is -3.44. The first-order chi connectivity index (χ1) is 15.0. The summed E-state index contributed by atoms with van der Waals surface area (Å²) in [6, 6.07) is 10.9. The van der Waals surface area contributed by atoms with Gasteiger partial charge < -0.3 is 14.8 Å². The summed E-state index contributed by atoms with van der Waals surface area (Å²) in [5, 5.41) is 13.5. The standard InChI is InChI=1S/C20H15FN4O4S2/c21-13-3-5-14(6-4-13)22-18(27)10-30-20-25-24-19(31-20)23-17(26)8-2-12-1-7-15-16(9-12)29-11-28-15/h1-9H,10-11H2,(H,22,27)(H,23,24,26)/b8-2-. The van der Waals surface area contributed by atoms with E-state index in [9.17, 15) is 14.0 Å². The minimum absolute atomic E-state index is 0.101. The number of fused-ring (bicyclic) bond motifs is 1. The molecule has 4 rings (SSSR count). The van der Waals surface area contributed by atoms with Crippen LogP contribution in [0, 0.1) is 5.82 Å². The van der Waals surface area contributed by atoms with Crippen LogP contribution in [0.15, 0.2) is 52.9 Å². The summed E-state index contributed by atoms with van der Waals surface area (Å²) in [7, 11) is 0. The third-order valence-corrected chi connectivity index (χ3v) is 5.89. The number of amides is 2. The molecule has 0 aliphatic carbocycles. The van der Waals surface area contributed by atoms with Gasteiger partial charge in [-0.15, -0.1) is 10.2 Å². The molecule has 1 aliphatic rings. The Bertz CT molecular complexity index is 1130. The third-order valence-electron chi connectivity index (χ3n) is 3.92. The monoisotopic (exact) mass is 458 g/mol. The van der Waals surface area contributed by atoms with Gasteiger partial charge in [-0.05, 0) is 48.0 Å². The Morgan fingerprint density at radius 3 is 2.74 bits per heavy atom. The molecule has 1 aliphatic heterocycles. The van der Waals surface area contributed by atoms with Crippen molar-refractivity contribution < 1.29 is 23.5 Å². The number of carbonyl (C=O) groups is 2. The zero-order chi connectivity index (χ0) is 21.6. The number of hydrogen-bond donors (Lipinski definition) is 2. The lowest BCUT2D eigenvalue weighted by molar-refractivity contribution is -0.114. The number of thioether (sulfide) groups is 1. The number of halogens is 1. The Labute approximate surface area is 184 Å². The fourth-order valence-electron chi connectivity index (χ4n) is 2.51. The zero-order valence-electron chi connectivity index (χ0n) is 15.8. The number of carbonyl (C=O) groups excluding carboxylic acids is 2. The zero-order valence-corrected chi connectivity index (χ0v) is 17.5. The molecule has 0 radical (unpaired) electrons. The molecule has 31 heavy (non-hydrogen) atoms. The van der Waals surface area contributed by atoms with E-state index in [0.29, 0.717) is 26.7 Å². The summed E-state index contributed by atoms with van der Waals surface area (Å²) in [5.41, 5.74) is 1.30. The van der Waals surface area contributed by atoms with Crippen molar-refractivity contribution in [2.75, 3.05) is 23.2 Å². The van der Waals surface area contributed by atoms with Crippen molar-refractivity contribution in [3.63, 3.8) is 0 Å². The van der Waals surface area contributed by atoms with E-state index in [2.05, 4.69) is 20.8 Å². The lowest BCUT2D eigenvalue weighted by Crippen LogP contribution is -2.13. The van der Waals surface area contributed by atoms with Crippen molar-refractivity contribution in [3.05, 3.63) is 59.9 Å². The summed E-state index contributed by atoms with van der Waals surface area (Å²) in [6.07, 6.45) is 3.02. The van der Waals surface area contributed by atoms with Gasteiger partial charge in [0.25, 0.3) is 0 Å². The highest BCUT2D eigenvalue weighted by Gasteiger charge is 2.13. The first kappa shape index (κ1) is 20.8. The highest BCUT2D eigenvalue weighted by Crippen LogP contribution is 2.32. The second-order valence-electron chi connectivity index (χ2n) is 6.15. The minimum Gasteiger partial charge on any atom is -0.454 e. The average molecular weight is 458 g/mol. The molecule has 2 heterocycles. The second-order valence-corrected chi connectivity index (χ2v) is 8.35. The molecule has 8 nitrogen and oxygen atoms in total. The van der Waals surface area contributed by atoms with Crippen molar-refractivity contribution in [1.82, 2.24) is 10.2 Å². The molecule has 2 amide bonds. The van der Waals surface area contributed by atoms with E-state index >= 15 is 0 Å². The van der Waals surface area contributed by atoms with Crippen molar-refractivity contribution >= 4 is 51.8 Å². The molecule has 0 spiro atoms. The number of benzene rings is 2. The van der Waals surface area contributed by atoms with Gasteiger partial charge in [0.05, 0.1) is 5.75 Å². The Morgan fingerprint density at radius 1 is 1.10 bits per heavy atom. The average Bonchev–Trinajstić information content (AvgIpc) is 3.41. The highest BCUT2D eigenvalue weighted by atomic mass is 32.2. The number of ether oxygens (including phenoxy) is 2. The molecule has 11 heteroatoms. The van der Waals surface area contributed by atoms with Crippen LogP contribution in [0.3, 0.4) is 0 Å². The Kier molecular flexibility index (Phi) is 6.43. The van der Waals surface area contributed by atoms with Crippen LogP contribution in [0.25, 0.3) is 6.08 Å². The van der Waals surface area contributed by atoms with E-state index in [1.807, 2.05) is 6.07 Å². The fourth-order valence-corrected chi connectivity index (χ4v) is 4.07. The highest BCUT2D eigenvalue weighted by molar-refractivity contribution is 8.01. The molecule has 0 fully saturated rings.